The molecule has 3 rings (SSSR count). The minimum atomic E-state index is -0.302. The number of piperazine rings is 1. The zero-order valence-electron chi connectivity index (χ0n) is 16.6. The number of carbonyl (C=O) groups is 1. The second kappa shape index (κ2) is 10.6. The van der Waals surface area contributed by atoms with E-state index < -0.39 is 0 Å². The van der Waals surface area contributed by atoms with E-state index in [9.17, 15) is 9.18 Å². The fourth-order valence-corrected chi connectivity index (χ4v) is 3.22. The van der Waals surface area contributed by atoms with Crippen molar-refractivity contribution < 1.29 is 13.7 Å². The summed E-state index contributed by atoms with van der Waals surface area (Å²) in [6.45, 7) is 5.44. The standard InChI is InChI=1S/C20H27FN6O2/c1-22-20(27-11-9-26(10-12-27)15-18-6-13-29-25-18)24-8-7-23-19(28)14-16-2-4-17(21)5-3-16/h2-6,13H,7-12,14-15H2,1H3,(H,22,24)(H,23,28). The van der Waals surface area contributed by atoms with Crippen LogP contribution in [0.1, 0.15) is 11.3 Å². The van der Waals surface area contributed by atoms with Crippen molar-refractivity contribution in [2.24, 2.45) is 4.99 Å². The molecule has 0 saturated carbocycles. The summed E-state index contributed by atoms with van der Waals surface area (Å²) in [6, 6.07) is 7.85. The lowest BCUT2D eigenvalue weighted by Crippen LogP contribution is -2.53. The SMILES string of the molecule is CN=C(NCCNC(=O)Cc1ccc(F)cc1)N1CCN(Cc2ccon2)CC1. The van der Waals surface area contributed by atoms with Gasteiger partial charge in [0.1, 0.15) is 12.1 Å². The zero-order valence-corrected chi connectivity index (χ0v) is 16.6. The molecule has 0 aliphatic carbocycles. The molecule has 1 aromatic heterocycles. The van der Waals surface area contributed by atoms with Crippen LogP contribution < -0.4 is 10.6 Å². The van der Waals surface area contributed by atoms with Crippen LogP contribution in [0.15, 0.2) is 46.1 Å². The van der Waals surface area contributed by atoms with E-state index in [1.54, 1.807) is 25.4 Å². The highest BCUT2D eigenvalue weighted by molar-refractivity contribution is 5.80. The Kier molecular flexibility index (Phi) is 7.57. The van der Waals surface area contributed by atoms with Gasteiger partial charge in [-0.2, -0.15) is 0 Å². The Morgan fingerprint density at radius 3 is 2.52 bits per heavy atom. The Morgan fingerprint density at radius 1 is 1.14 bits per heavy atom. The Bertz CT molecular complexity index is 786. The number of nitrogens with zero attached hydrogens (tertiary/aromatic N) is 4. The van der Waals surface area contributed by atoms with E-state index in [0.717, 1.165) is 49.9 Å². The molecule has 2 aromatic rings. The summed E-state index contributed by atoms with van der Waals surface area (Å²) in [7, 11) is 1.76. The third kappa shape index (κ3) is 6.56. The van der Waals surface area contributed by atoms with Gasteiger partial charge in [-0.3, -0.25) is 14.7 Å². The summed E-state index contributed by atoms with van der Waals surface area (Å²) in [5, 5.41) is 10.1. The van der Waals surface area contributed by atoms with Crippen LogP contribution in [0.3, 0.4) is 0 Å². The van der Waals surface area contributed by atoms with Gasteiger partial charge in [0.15, 0.2) is 5.96 Å². The van der Waals surface area contributed by atoms with E-state index in [-0.39, 0.29) is 18.1 Å². The molecule has 0 atom stereocenters. The lowest BCUT2D eigenvalue weighted by atomic mass is 10.1. The number of rotatable bonds is 7. The fraction of sp³-hybridized carbons (Fsp3) is 0.450. The second-order valence-electron chi connectivity index (χ2n) is 6.88. The summed E-state index contributed by atoms with van der Waals surface area (Å²) in [5.74, 6) is 0.442. The molecule has 2 N–H and O–H groups in total. The van der Waals surface area contributed by atoms with Crippen molar-refractivity contribution in [2.75, 3.05) is 46.3 Å². The Balaban J connectivity index is 1.33. The van der Waals surface area contributed by atoms with E-state index in [1.165, 1.54) is 12.1 Å². The number of nitrogens with one attached hydrogen (secondary N) is 2. The molecule has 2 heterocycles. The molecule has 9 heteroatoms. The summed E-state index contributed by atoms with van der Waals surface area (Å²) in [5.41, 5.74) is 1.73. The normalized spacial score (nSPS) is 15.4. The van der Waals surface area contributed by atoms with E-state index >= 15 is 0 Å². The molecule has 0 spiro atoms. The highest BCUT2D eigenvalue weighted by Gasteiger charge is 2.20. The van der Waals surface area contributed by atoms with Gasteiger partial charge in [-0.05, 0) is 17.7 Å². The molecule has 0 bridgehead atoms. The molecule has 29 heavy (non-hydrogen) atoms. The Labute approximate surface area is 169 Å². The van der Waals surface area contributed by atoms with E-state index in [2.05, 4.69) is 30.6 Å². The summed E-state index contributed by atoms with van der Waals surface area (Å²) in [4.78, 5) is 20.9. The van der Waals surface area contributed by atoms with Gasteiger partial charge in [-0.1, -0.05) is 17.3 Å². The summed E-state index contributed by atoms with van der Waals surface area (Å²) < 4.78 is 17.8. The molecule has 0 unspecified atom stereocenters. The second-order valence-corrected chi connectivity index (χ2v) is 6.88. The first-order valence-electron chi connectivity index (χ1n) is 9.72. The monoisotopic (exact) mass is 402 g/mol. The van der Waals surface area contributed by atoms with Crippen LogP contribution in [0.4, 0.5) is 4.39 Å². The predicted molar refractivity (Wildman–Crippen MR) is 108 cm³/mol. The van der Waals surface area contributed by atoms with Crippen LogP contribution in [0.25, 0.3) is 0 Å². The number of hydrogen-bond acceptors (Lipinski definition) is 5. The molecular weight excluding hydrogens is 375 g/mol. The molecule has 1 fully saturated rings. The molecule has 156 valence electrons. The van der Waals surface area contributed by atoms with Crippen molar-refractivity contribution >= 4 is 11.9 Å². The zero-order chi connectivity index (χ0) is 20.5. The number of guanidine groups is 1. The van der Waals surface area contributed by atoms with E-state index in [0.29, 0.717) is 13.1 Å². The number of aliphatic imine (C=N–C) groups is 1. The quantitative estimate of drug-likeness (QED) is 0.406. The number of hydrogen-bond donors (Lipinski definition) is 2. The molecule has 8 nitrogen and oxygen atoms in total. The van der Waals surface area contributed by atoms with Crippen molar-refractivity contribution in [3.63, 3.8) is 0 Å². The van der Waals surface area contributed by atoms with Crippen LogP contribution in [-0.2, 0) is 17.8 Å². The lowest BCUT2D eigenvalue weighted by molar-refractivity contribution is -0.120. The van der Waals surface area contributed by atoms with Crippen LogP contribution >= 0.6 is 0 Å². The van der Waals surface area contributed by atoms with Gasteiger partial charge in [-0.25, -0.2) is 4.39 Å². The van der Waals surface area contributed by atoms with Crippen LogP contribution in [0.5, 0.6) is 0 Å². The maximum atomic E-state index is 12.9. The Morgan fingerprint density at radius 2 is 1.86 bits per heavy atom. The van der Waals surface area contributed by atoms with Crippen LogP contribution in [0.2, 0.25) is 0 Å². The number of amides is 1. The number of halogens is 1. The van der Waals surface area contributed by atoms with Crippen LogP contribution in [-0.4, -0.2) is 73.1 Å². The molecule has 1 saturated heterocycles. The maximum Gasteiger partial charge on any atom is 0.224 e. The van der Waals surface area contributed by atoms with Gasteiger partial charge in [-0.15, -0.1) is 0 Å². The third-order valence-electron chi connectivity index (χ3n) is 4.77. The van der Waals surface area contributed by atoms with Gasteiger partial charge in [0.2, 0.25) is 5.91 Å². The molecule has 0 radical (unpaired) electrons. The summed E-state index contributed by atoms with van der Waals surface area (Å²) >= 11 is 0. The Hall–Kier alpha value is -2.94. The van der Waals surface area contributed by atoms with Crippen molar-refractivity contribution in [2.45, 2.75) is 13.0 Å². The number of benzene rings is 1. The van der Waals surface area contributed by atoms with Crippen LogP contribution in [0, 0.1) is 5.82 Å². The van der Waals surface area contributed by atoms with Crippen molar-refractivity contribution in [1.82, 2.24) is 25.6 Å². The van der Waals surface area contributed by atoms with E-state index in [4.69, 9.17) is 4.52 Å². The third-order valence-corrected chi connectivity index (χ3v) is 4.77. The van der Waals surface area contributed by atoms with Gasteiger partial charge in [0.25, 0.3) is 0 Å². The van der Waals surface area contributed by atoms with Crippen molar-refractivity contribution in [3.8, 4) is 0 Å². The molecule has 1 aliphatic heterocycles. The minimum absolute atomic E-state index is 0.0881. The average molecular weight is 402 g/mol. The molecule has 1 aromatic carbocycles. The largest absolute Gasteiger partial charge is 0.364 e. The van der Waals surface area contributed by atoms with Gasteiger partial charge in [0.05, 0.1) is 12.1 Å². The highest BCUT2D eigenvalue weighted by Crippen LogP contribution is 2.07. The fourth-order valence-electron chi connectivity index (χ4n) is 3.22. The van der Waals surface area contributed by atoms with Crippen molar-refractivity contribution in [1.29, 1.82) is 0 Å². The first-order valence-corrected chi connectivity index (χ1v) is 9.72. The molecule has 1 aliphatic rings. The topological polar surface area (TPSA) is 86.0 Å². The lowest BCUT2D eigenvalue weighted by Gasteiger charge is -2.36. The first kappa shape index (κ1) is 20.8. The van der Waals surface area contributed by atoms with Gasteiger partial charge in [0, 0.05) is 58.9 Å². The first-order chi connectivity index (χ1) is 14.1. The minimum Gasteiger partial charge on any atom is -0.364 e. The maximum absolute atomic E-state index is 12.9. The van der Waals surface area contributed by atoms with E-state index in [1.807, 2.05) is 6.07 Å². The average Bonchev–Trinajstić information content (AvgIpc) is 3.24. The van der Waals surface area contributed by atoms with Crippen molar-refractivity contribution in [3.05, 3.63) is 53.7 Å². The predicted octanol–water partition coefficient (Wildman–Crippen LogP) is 0.866. The highest BCUT2D eigenvalue weighted by atomic mass is 19.1. The summed E-state index contributed by atoms with van der Waals surface area (Å²) in [6.07, 6.45) is 1.83. The number of carbonyl (C=O) groups excluding carboxylic acids is 1. The van der Waals surface area contributed by atoms with Gasteiger partial charge >= 0.3 is 0 Å². The number of aromatic nitrogens is 1. The molecule has 1 amide bonds. The van der Waals surface area contributed by atoms with Gasteiger partial charge < -0.3 is 20.1 Å². The molecular formula is C20H27FN6O2. The smallest absolute Gasteiger partial charge is 0.224 e.